The van der Waals surface area contributed by atoms with Crippen LogP contribution in [0.1, 0.15) is 39.5 Å². The van der Waals surface area contributed by atoms with Gasteiger partial charge in [0, 0.05) is 5.92 Å². The Morgan fingerprint density at radius 1 is 1.54 bits per heavy atom. The van der Waals surface area contributed by atoms with Gasteiger partial charge in [-0.1, -0.05) is 24.5 Å². The van der Waals surface area contributed by atoms with Crippen molar-refractivity contribution in [2.75, 3.05) is 0 Å². The molecular weight excluding hydrogens is 160 g/mol. The van der Waals surface area contributed by atoms with Crippen LogP contribution in [0.2, 0.25) is 0 Å². The molecule has 1 fully saturated rings. The van der Waals surface area contributed by atoms with Crippen molar-refractivity contribution in [2.45, 2.75) is 45.1 Å². The largest absolute Gasteiger partial charge is 0.377 e. The third-order valence-corrected chi connectivity index (χ3v) is 2.81. The molecule has 0 amide bonds. The first-order chi connectivity index (χ1) is 6.10. The van der Waals surface area contributed by atoms with Crippen molar-refractivity contribution in [3.63, 3.8) is 0 Å². The molecule has 0 aromatic carbocycles. The highest BCUT2D eigenvalue weighted by atomic mass is 16.3. The van der Waals surface area contributed by atoms with Crippen LogP contribution in [0, 0.1) is 17.8 Å². The van der Waals surface area contributed by atoms with E-state index in [1.165, 1.54) is 6.42 Å². The van der Waals surface area contributed by atoms with Gasteiger partial charge < -0.3 is 5.11 Å². The average molecular weight is 178 g/mol. The Balaban J connectivity index is 2.87. The van der Waals surface area contributed by atoms with E-state index in [-0.39, 0.29) is 5.92 Å². The quantitative estimate of drug-likeness (QED) is 0.483. The minimum absolute atomic E-state index is 0.175. The summed E-state index contributed by atoms with van der Waals surface area (Å²) in [6.07, 6.45) is 4.09. The summed E-state index contributed by atoms with van der Waals surface area (Å²) in [5.74, 6) is 5.93. The molecule has 2 atom stereocenters. The molecular formula is C12H18O. The highest BCUT2D eigenvalue weighted by Gasteiger charge is 2.37. The molecule has 0 aliphatic heterocycles. The van der Waals surface area contributed by atoms with Crippen molar-refractivity contribution < 1.29 is 5.11 Å². The van der Waals surface area contributed by atoms with Gasteiger partial charge in [0.2, 0.25) is 0 Å². The van der Waals surface area contributed by atoms with E-state index in [0.717, 1.165) is 24.8 Å². The fourth-order valence-corrected chi connectivity index (χ4v) is 2.18. The summed E-state index contributed by atoms with van der Waals surface area (Å²) in [4.78, 5) is 0. The van der Waals surface area contributed by atoms with E-state index in [0.29, 0.717) is 0 Å². The van der Waals surface area contributed by atoms with Gasteiger partial charge in [-0.3, -0.25) is 0 Å². The van der Waals surface area contributed by atoms with Crippen LogP contribution in [0.25, 0.3) is 0 Å². The van der Waals surface area contributed by atoms with E-state index >= 15 is 0 Å². The molecule has 1 rings (SSSR count). The van der Waals surface area contributed by atoms with Crippen LogP contribution in [0.15, 0.2) is 12.2 Å². The molecule has 1 aliphatic carbocycles. The van der Waals surface area contributed by atoms with Crippen LogP contribution in [0.3, 0.4) is 0 Å². The Morgan fingerprint density at radius 3 is 2.77 bits per heavy atom. The summed E-state index contributed by atoms with van der Waals surface area (Å²) in [7, 11) is 0. The average Bonchev–Trinajstić information content (AvgIpc) is 2.04. The normalized spacial score (nSPS) is 33.3. The molecule has 0 heterocycles. The summed E-state index contributed by atoms with van der Waals surface area (Å²) in [6, 6.07) is 0. The van der Waals surface area contributed by atoms with E-state index < -0.39 is 5.60 Å². The maximum atomic E-state index is 10.3. The summed E-state index contributed by atoms with van der Waals surface area (Å²) in [5, 5.41) is 10.3. The molecule has 0 aromatic rings. The topological polar surface area (TPSA) is 20.2 Å². The molecule has 1 heteroatoms. The van der Waals surface area contributed by atoms with Crippen molar-refractivity contribution in [2.24, 2.45) is 5.92 Å². The fraction of sp³-hybridized carbons (Fsp3) is 0.667. The first-order valence-corrected chi connectivity index (χ1v) is 4.92. The molecule has 0 aromatic heterocycles. The Labute approximate surface area is 80.9 Å². The van der Waals surface area contributed by atoms with Gasteiger partial charge in [0.25, 0.3) is 0 Å². The summed E-state index contributed by atoms with van der Waals surface area (Å²) in [6.45, 7) is 7.69. The van der Waals surface area contributed by atoms with Gasteiger partial charge in [-0.05, 0) is 33.1 Å². The minimum Gasteiger partial charge on any atom is -0.377 e. The molecule has 0 radical (unpaired) electrons. The predicted molar refractivity (Wildman–Crippen MR) is 55.2 cm³/mol. The summed E-state index contributed by atoms with van der Waals surface area (Å²) in [5.41, 5.74) is 0.267. The molecule has 1 aliphatic rings. The lowest BCUT2D eigenvalue weighted by molar-refractivity contribution is 0.0204. The molecule has 1 nitrogen and oxygen atoms in total. The third-order valence-electron chi connectivity index (χ3n) is 2.81. The maximum Gasteiger partial charge on any atom is 0.131 e. The predicted octanol–water partition coefficient (Wildman–Crippen LogP) is 2.51. The first kappa shape index (κ1) is 10.3. The fourth-order valence-electron chi connectivity index (χ4n) is 2.18. The van der Waals surface area contributed by atoms with Crippen molar-refractivity contribution in [3.8, 4) is 11.8 Å². The minimum atomic E-state index is -0.793. The van der Waals surface area contributed by atoms with Crippen molar-refractivity contribution in [1.29, 1.82) is 0 Å². The molecule has 0 bridgehead atoms. The van der Waals surface area contributed by atoms with Crippen LogP contribution in [-0.4, -0.2) is 10.7 Å². The lowest BCUT2D eigenvalue weighted by Crippen LogP contribution is -2.39. The summed E-state index contributed by atoms with van der Waals surface area (Å²) >= 11 is 0. The molecule has 72 valence electrons. The Kier molecular flexibility index (Phi) is 3.17. The van der Waals surface area contributed by atoms with Crippen LogP contribution in [-0.2, 0) is 0 Å². The van der Waals surface area contributed by atoms with E-state index in [1.54, 1.807) is 6.92 Å². The zero-order chi connectivity index (χ0) is 9.90. The molecule has 2 unspecified atom stereocenters. The Morgan fingerprint density at radius 2 is 2.23 bits per heavy atom. The van der Waals surface area contributed by atoms with Crippen LogP contribution >= 0.6 is 0 Å². The second-order valence-corrected chi connectivity index (χ2v) is 3.94. The number of rotatable bonds is 1. The van der Waals surface area contributed by atoms with Crippen LogP contribution in [0.4, 0.5) is 0 Å². The van der Waals surface area contributed by atoms with E-state index in [2.05, 4.69) is 18.4 Å². The first-order valence-electron chi connectivity index (χ1n) is 4.92. The van der Waals surface area contributed by atoms with Gasteiger partial charge in [0.15, 0.2) is 0 Å². The molecule has 1 N–H and O–H groups in total. The van der Waals surface area contributed by atoms with E-state index in [4.69, 9.17) is 0 Å². The maximum absolute atomic E-state index is 10.3. The monoisotopic (exact) mass is 178 g/mol. The second-order valence-electron chi connectivity index (χ2n) is 3.94. The van der Waals surface area contributed by atoms with Gasteiger partial charge in [-0.25, -0.2) is 0 Å². The van der Waals surface area contributed by atoms with Gasteiger partial charge in [-0.15, -0.1) is 5.92 Å². The zero-order valence-corrected chi connectivity index (χ0v) is 8.56. The summed E-state index contributed by atoms with van der Waals surface area (Å²) < 4.78 is 0. The van der Waals surface area contributed by atoms with Crippen molar-refractivity contribution in [1.82, 2.24) is 0 Å². The smallest absolute Gasteiger partial charge is 0.131 e. The molecule has 13 heavy (non-hydrogen) atoms. The third kappa shape index (κ3) is 2.14. The van der Waals surface area contributed by atoms with Crippen molar-refractivity contribution >= 4 is 0 Å². The highest BCUT2D eigenvalue weighted by molar-refractivity contribution is 5.22. The Bertz CT molecular complexity index is 256. The molecule has 0 spiro atoms. The number of aliphatic hydroxyl groups is 1. The molecule has 1 saturated carbocycles. The lowest BCUT2D eigenvalue weighted by Gasteiger charge is -2.36. The number of hydrogen-bond acceptors (Lipinski definition) is 1. The van der Waals surface area contributed by atoms with E-state index in [9.17, 15) is 5.11 Å². The van der Waals surface area contributed by atoms with Crippen molar-refractivity contribution in [3.05, 3.63) is 12.2 Å². The zero-order valence-electron chi connectivity index (χ0n) is 8.56. The number of hydrogen-bond donors (Lipinski definition) is 1. The highest BCUT2D eigenvalue weighted by Crippen LogP contribution is 2.37. The SMILES string of the molecule is C=C(C)C1CCCCC1(O)C#CC. The lowest BCUT2D eigenvalue weighted by atomic mass is 9.73. The van der Waals surface area contributed by atoms with E-state index in [1.807, 2.05) is 6.92 Å². The van der Waals surface area contributed by atoms with Gasteiger partial charge in [0.05, 0.1) is 0 Å². The van der Waals surface area contributed by atoms with Crippen LogP contribution in [0.5, 0.6) is 0 Å². The van der Waals surface area contributed by atoms with Crippen LogP contribution < -0.4 is 0 Å². The van der Waals surface area contributed by atoms with Gasteiger partial charge in [-0.2, -0.15) is 0 Å². The standard InChI is InChI=1S/C12H18O/c1-4-8-12(13)9-6-5-7-11(12)10(2)3/h11,13H,2,5-7,9H2,1,3H3. The molecule has 0 saturated heterocycles. The van der Waals surface area contributed by atoms with Gasteiger partial charge >= 0.3 is 0 Å². The second kappa shape index (κ2) is 3.98. The Hall–Kier alpha value is -0.740. The van der Waals surface area contributed by atoms with Gasteiger partial charge in [0.1, 0.15) is 5.60 Å².